The van der Waals surface area contributed by atoms with Crippen LogP contribution < -0.4 is 5.32 Å². The molecule has 1 aromatic heterocycles. The fourth-order valence-electron chi connectivity index (χ4n) is 3.22. The highest BCUT2D eigenvalue weighted by Gasteiger charge is 2.21. The minimum atomic E-state index is -0.273. The van der Waals surface area contributed by atoms with E-state index in [1.54, 1.807) is 11.8 Å². The van der Waals surface area contributed by atoms with Gasteiger partial charge >= 0.3 is 0 Å². The third-order valence-corrected chi connectivity index (χ3v) is 5.93. The first-order valence-corrected chi connectivity index (χ1v) is 10.7. The predicted molar refractivity (Wildman–Crippen MR) is 119 cm³/mol. The Bertz CT molecular complexity index is 1030. The molecule has 1 atom stereocenters. The number of para-hydroxylation sites is 2. The molecule has 29 heavy (non-hydrogen) atoms. The van der Waals surface area contributed by atoms with Crippen molar-refractivity contribution in [2.45, 2.75) is 23.0 Å². The van der Waals surface area contributed by atoms with Crippen LogP contribution in [0.3, 0.4) is 0 Å². The molecule has 1 amide bonds. The summed E-state index contributed by atoms with van der Waals surface area (Å²) in [7, 11) is 0. The Kier molecular flexibility index (Phi) is 6.27. The molecule has 0 spiro atoms. The van der Waals surface area contributed by atoms with Gasteiger partial charge in [0, 0.05) is 17.9 Å². The quantitative estimate of drug-likeness (QED) is 0.317. The molecule has 1 heterocycles. The largest absolute Gasteiger partial charge is 0.355 e. The van der Waals surface area contributed by atoms with Crippen LogP contribution in [0, 0.1) is 0 Å². The van der Waals surface area contributed by atoms with Crippen LogP contribution in [0.4, 0.5) is 0 Å². The molecule has 4 nitrogen and oxygen atoms in total. The molecule has 3 aromatic carbocycles. The lowest BCUT2D eigenvalue weighted by molar-refractivity contribution is -0.120. The van der Waals surface area contributed by atoms with Gasteiger partial charge in [0.15, 0.2) is 0 Å². The van der Waals surface area contributed by atoms with Crippen molar-refractivity contribution in [3.8, 4) is 0 Å². The number of carbonyl (C=O) groups excluding carboxylic acids is 1. The van der Waals surface area contributed by atoms with Gasteiger partial charge < -0.3 is 10.3 Å². The van der Waals surface area contributed by atoms with Gasteiger partial charge in [0.25, 0.3) is 0 Å². The first-order valence-electron chi connectivity index (χ1n) is 9.77. The number of amides is 1. The normalized spacial score (nSPS) is 12.0. The summed E-state index contributed by atoms with van der Waals surface area (Å²) in [6, 6.07) is 28.0. The van der Waals surface area contributed by atoms with Gasteiger partial charge in [-0.3, -0.25) is 4.79 Å². The number of rotatable bonds is 8. The third kappa shape index (κ3) is 5.06. The molecule has 4 aromatic rings. The van der Waals surface area contributed by atoms with Crippen LogP contribution in [0.5, 0.6) is 0 Å². The molecule has 0 aliphatic carbocycles. The van der Waals surface area contributed by atoms with Gasteiger partial charge in [0.2, 0.25) is 5.91 Å². The minimum absolute atomic E-state index is 0.0367. The van der Waals surface area contributed by atoms with Crippen molar-refractivity contribution in [1.82, 2.24) is 15.3 Å². The first kappa shape index (κ1) is 19.3. The van der Waals surface area contributed by atoms with E-state index in [0.717, 1.165) is 40.2 Å². The maximum absolute atomic E-state index is 12.9. The zero-order chi connectivity index (χ0) is 19.9. The molecule has 0 fully saturated rings. The average Bonchev–Trinajstić information content (AvgIpc) is 3.19. The van der Waals surface area contributed by atoms with Crippen molar-refractivity contribution in [2.75, 3.05) is 6.54 Å². The number of benzene rings is 3. The fourth-order valence-corrected chi connectivity index (χ4v) is 4.29. The Labute approximate surface area is 174 Å². The van der Waals surface area contributed by atoms with Gasteiger partial charge in [-0.05, 0) is 36.2 Å². The molecule has 0 radical (unpaired) electrons. The Morgan fingerprint density at radius 1 is 0.931 bits per heavy atom. The molecular formula is C24H23N3OS. The Hall–Kier alpha value is -3.05. The number of thioether (sulfide) groups is 1. The van der Waals surface area contributed by atoms with E-state index in [1.807, 2.05) is 84.9 Å². The summed E-state index contributed by atoms with van der Waals surface area (Å²) in [4.78, 5) is 22.0. The molecule has 146 valence electrons. The van der Waals surface area contributed by atoms with Gasteiger partial charge in [-0.1, -0.05) is 60.7 Å². The summed E-state index contributed by atoms with van der Waals surface area (Å²) in [5.41, 5.74) is 3.04. The van der Waals surface area contributed by atoms with E-state index in [1.165, 1.54) is 0 Å². The summed E-state index contributed by atoms with van der Waals surface area (Å²) < 4.78 is 0. The molecule has 0 saturated heterocycles. The number of hydrogen-bond donors (Lipinski definition) is 2. The molecule has 1 unspecified atom stereocenters. The molecule has 4 rings (SSSR count). The molecule has 5 heteroatoms. The Morgan fingerprint density at radius 3 is 2.38 bits per heavy atom. The van der Waals surface area contributed by atoms with Crippen molar-refractivity contribution in [3.63, 3.8) is 0 Å². The van der Waals surface area contributed by atoms with Gasteiger partial charge in [0.05, 0.1) is 11.0 Å². The van der Waals surface area contributed by atoms with Gasteiger partial charge in [-0.25, -0.2) is 4.98 Å². The van der Waals surface area contributed by atoms with E-state index < -0.39 is 0 Å². The molecule has 0 aliphatic rings. The standard InChI is InChI=1S/C24H23N3OS/c28-24(25-17-9-16-22-26-20-14-7-8-15-21(20)27-22)23(18-10-3-1-4-11-18)29-19-12-5-2-6-13-19/h1-8,10-15,23H,9,16-17H2,(H,25,28)(H,26,27). The van der Waals surface area contributed by atoms with Crippen LogP contribution in [-0.4, -0.2) is 22.4 Å². The first-order chi connectivity index (χ1) is 14.3. The SMILES string of the molecule is O=C(NCCCc1nc2ccccc2[nH]1)C(Sc1ccccc1)c1ccccc1. The van der Waals surface area contributed by atoms with E-state index in [9.17, 15) is 4.79 Å². The summed E-state index contributed by atoms with van der Waals surface area (Å²) in [5, 5.41) is 2.83. The highest BCUT2D eigenvalue weighted by Crippen LogP contribution is 2.35. The number of nitrogens with one attached hydrogen (secondary N) is 2. The van der Waals surface area contributed by atoms with Crippen molar-refractivity contribution in [2.24, 2.45) is 0 Å². The van der Waals surface area contributed by atoms with Crippen LogP contribution in [0.2, 0.25) is 0 Å². The number of imidazole rings is 1. The topological polar surface area (TPSA) is 57.8 Å². The fraction of sp³-hybridized carbons (Fsp3) is 0.167. The van der Waals surface area contributed by atoms with Crippen molar-refractivity contribution in [3.05, 3.63) is 96.3 Å². The lowest BCUT2D eigenvalue weighted by Crippen LogP contribution is -2.29. The summed E-state index contributed by atoms with van der Waals surface area (Å²) in [6.07, 6.45) is 1.64. The van der Waals surface area contributed by atoms with Crippen LogP contribution >= 0.6 is 11.8 Å². The number of H-pyrrole nitrogens is 1. The summed E-state index contributed by atoms with van der Waals surface area (Å²) >= 11 is 1.58. The van der Waals surface area contributed by atoms with E-state index in [4.69, 9.17) is 0 Å². The number of nitrogens with zero attached hydrogens (tertiary/aromatic N) is 1. The van der Waals surface area contributed by atoms with E-state index in [0.29, 0.717) is 6.54 Å². The maximum Gasteiger partial charge on any atom is 0.237 e. The molecular weight excluding hydrogens is 378 g/mol. The van der Waals surface area contributed by atoms with Crippen molar-refractivity contribution in [1.29, 1.82) is 0 Å². The number of hydrogen-bond acceptors (Lipinski definition) is 3. The molecule has 2 N–H and O–H groups in total. The summed E-state index contributed by atoms with van der Waals surface area (Å²) in [6.45, 7) is 0.620. The van der Waals surface area contributed by atoms with Crippen molar-refractivity contribution >= 4 is 28.7 Å². The van der Waals surface area contributed by atoms with E-state index in [-0.39, 0.29) is 11.2 Å². The van der Waals surface area contributed by atoms with Crippen LogP contribution in [-0.2, 0) is 11.2 Å². The molecule has 0 aliphatic heterocycles. The van der Waals surface area contributed by atoms with Crippen LogP contribution in [0.1, 0.15) is 23.1 Å². The number of aromatic nitrogens is 2. The minimum Gasteiger partial charge on any atom is -0.355 e. The van der Waals surface area contributed by atoms with Gasteiger partial charge in [-0.2, -0.15) is 0 Å². The zero-order valence-electron chi connectivity index (χ0n) is 16.0. The molecule has 0 bridgehead atoms. The van der Waals surface area contributed by atoms with Crippen LogP contribution in [0.25, 0.3) is 11.0 Å². The lowest BCUT2D eigenvalue weighted by Gasteiger charge is -2.17. The Morgan fingerprint density at radius 2 is 1.62 bits per heavy atom. The Balaban J connectivity index is 1.36. The maximum atomic E-state index is 12.9. The number of aromatic amines is 1. The van der Waals surface area contributed by atoms with Gasteiger partial charge in [-0.15, -0.1) is 11.8 Å². The zero-order valence-corrected chi connectivity index (χ0v) is 16.9. The highest BCUT2D eigenvalue weighted by atomic mass is 32.2. The second-order valence-electron chi connectivity index (χ2n) is 6.82. The van der Waals surface area contributed by atoms with Crippen LogP contribution in [0.15, 0.2) is 89.8 Å². The predicted octanol–water partition coefficient (Wildman–Crippen LogP) is 5.15. The smallest absolute Gasteiger partial charge is 0.237 e. The summed E-state index contributed by atoms with van der Waals surface area (Å²) in [5.74, 6) is 0.994. The van der Waals surface area contributed by atoms with Crippen molar-refractivity contribution < 1.29 is 4.79 Å². The van der Waals surface area contributed by atoms with E-state index >= 15 is 0 Å². The highest BCUT2D eigenvalue weighted by molar-refractivity contribution is 8.00. The number of fused-ring (bicyclic) bond motifs is 1. The second-order valence-corrected chi connectivity index (χ2v) is 8.00. The average molecular weight is 402 g/mol. The number of carbonyl (C=O) groups is 1. The number of aryl methyl sites for hydroxylation is 1. The lowest BCUT2D eigenvalue weighted by atomic mass is 10.1. The molecule has 0 saturated carbocycles. The third-order valence-electron chi connectivity index (χ3n) is 4.67. The second kappa shape index (κ2) is 9.43. The van der Waals surface area contributed by atoms with E-state index in [2.05, 4.69) is 15.3 Å². The monoisotopic (exact) mass is 401 g/mol. The van der Waals surface area contributed by atoms with Gasteiger partial charge in [0.1, 0.15) is 11.1 Å².